The Labute approximate surface area is 166 Å². The molecule has 2 fully saturated rings. The van der Waals surface area contributed by atoms with E-state index in [2.05, 4.69) is 33.8 Å². The quantitative estimate of drug-likeness (QED) is 0.814. The maximum absolute atomic E-state index is 13.2. The van der Waals surface area contributed by atoms with Crippen LogP contribution in [0.15, 0.2) is 42.6 Å². The number of benzene rings is 1. The molecule has 2 aliphatic rings. The highest BCUT2D eigenvalue weighted by Gasteiger charge is 2.26. The lowest BCUT2D eigenvalue weighted by Gasteiger charge is -2.36. The zero-order valence-corrected chi connectivity index (χ0v) is 16.5. The molecule has 0 atom stereocenters. The molecule has 6 heteroatoms. The van der Waals surface area contributed by atoms with E-state index in [9.17, 15) is 4.79 Å². The van der Waals surface area contributed by atoms with Crippen molar-refractivity contribution in [1.29, 1.82) is 0 Å². The second-order valence-electron chi connectivity index (χ2n) is 7.45. The third kappa shape index (κ3) is 4.18. The Bertz CT molecular complexity index is 812. The van der Waals surface area contributed by atoms with Crippen LogP contribution in [-0.4, -0.2) is 73.2 Å². The van der Waals surface area contributed by atoms with Gasteiger partial charge in [0.1, 0.15) is 0 Å². The lowest BCUT2D eigenvalue weighted by atomic mass is 10.1. The Balaban J connectivity index is 1.40. The van der Waals surface area contributed by atoms with Crippen LogP contribution in [0.3, 0.4) is 0 Å². The van der Waals surface area contributed by atoms with Crippen LogP contribution in [0.5, 0.6) is 0 Å². The molecular formula is C22H28N4O2. The SMILES string of the molecule is Cc1cccnc1CN1CCN(C(=O)c2ccccc2N2CCOCC2)CC1. The van der Waals surface area contributed by atoms with Gasteiger partial charge in [0.15, 0.2) is 0 Å². The molecule has 0 unspecified atom stereocenters. The fourth-order valence-corrected chi connectivity index (χ4v) is 3.91. The number of piperazine rings is 1. The number of pyridine rings is 1. The summed E-state index contributed by atoms with van der Waals surface area (Å²) in [7, 11) is 0. The molecular weight excluding hydrogens is 352 g/mol. The zero-order valence-electron chi connectivity index (χ0n) is 16.5. The molecule has 1 aromatic heterocycles. The fourth-order valence-electron chi connectivity index (χ4n) is 3.91. The molecule has 0 spiro atoms. The van der Waals surface area contributed by atoms with Crippen molar-refractivity contribution in [3.8, 4) is 0 Å². The maximum atomic E-state index is 13.2. The average Bonchev–Trinajstić information content (AvgIpc) is 2.76. The second kappa shape index (κ2) is 8.71. The van der Waals surface area contributed by atoms with E-state index in [0.717, 1.165) is 62.8 Å². The van der Waals surface area contributed by atoms with Crippen molar-refractivity contribution in [2.24, 2.45) is 0 Å². The van der Waals surface area contributed by atoms with Gasteiger partial charge in [-0.25, -0.2) is 0 Å². The summed E-state index contributed by atoms with van der Waals surface area (Å²) in [6, 6.07) is 12.0. The minimum absolute atomic E-state index is 0.135. The average molecular weight is 380 g/mol. The number of carbonyl (C=O) groups excluding carboxylic acids is 1. The number of amides is 1. The van der Waals surface area contributed by atoms with Crippen molar-refractivity contribution in [3.05, 3.63) is 59.4 Å². The lowest BCUT2D eigenvalue weighted by Crippen LogP contribution is -2.48. The maximum Gasteiger partial charge on any atom is 0.256 e. The third-order valence-corrected chi connectivity index (χ3v) is 5.64. The summed E-state index contributed by atoms with van der Waals surface area (Å²) in [4.78, 5) is 24.3. The molecule has 0 bridgehead atoms. The van der Waals surface area contributed by atoms with E-state index >= 15 is 0 Å². The number of aromatic nitrogens is 1. The van der Waals surface area contributed by atoms with Gasteiger partial charge in [0.05, 0.1) is 24.5 Å². The van der Waals surface area contributed by atoms with Crippen molar-refractivity contribution in [1.82, 2.24) is 14.8 Å². The number of hydrogen-bond donors (Lipinski definition) is 0. The number of aryl methyl sites for hydroxylation is 1. The molecule has 6 nitrogen and oxygen atoms in total. The van der Waals surface area contributed by atoms with Gasteiger partial charge in [-0.05, 0) is 30.7 Å². The summed E-state index contributed by atoms with van der Waals surface area (Å²) in [6.45, 7) is 9.31. The molecule has 0 radical (unpaired) electrons. The Morgan fingerprint density at radius 2 is 1.75 bits per heavy atom. The summed E-state index contributed by atoms with van der Waals surface area (Å²) < 4.78 is 5.46. The van der Waals surface area contributed by atoms with Crippen molar-refractivity contribution in [2.45, 2.75) is 13.5 Å². The van der Waals surface area contributed by atoms with Crippen molar-refractivity contribution in [3.63, 3.8) is 0 Å². The largest absolute Gasteiger partial charge is 0.378 e. The summed E-state index contributed by atoms with van der Waals surface area (Å²) in [5.74, 6) is 0.135. The second-order valence-corrected chi connectivity index (χ2v) is 7.45. The lowest BCUT2D eigenvalue weighted by molar-refractivity contribution is 0.0626. The summed E-state index contributed by atoms with van der Waals surface area (Å²) in [5, 5.41) is 0. The first-order valence-electron chi connectivity index (χ1n) is 10.1. The van der Waals surface area contributed by atoms with Gasteiger partial charge >= 0.3 is 0 Å². The van der Waals surface area contributed by atoms with Gasteiger partial charge < -0.3 is 14.5 Å². The number of anilines is 1. The number of nitrogens with zero attached hydrogens (tertiary/aromatic N) is 4. The highest BCUT2D eigenvalue weighted by atomic mass is 16.5. The van der Waals surface area contributed by atoms with Gasteiger partial charge in [-0.15, -0.1) is 0 Å². The van der Waals surface area contributed by atoms with Crippen LogP contribution in [-0.2, 0) is 11.3 Å². The highest BCUT2D eigenvalue weighted by molar-refractivity contribution is 6.00. The minimum Gasteiger partial charge on any atom is -0.378 e. The molecule has 3 heterocycles. The number of carbonyl (C=O) groups is 1. The molecule has 148 valence electrons. The van der Waals surface area contributed by atoms with Gasteiger partial charge in [-0.3, -0.25) is 14.7 Å². The first-order valence-corrected chi connectivity index (χ1v) is 10.1. The Morgan fingerprint density at radius 1 is 1.00 bits per heavy atom. The number of hydrogen-bond acceptors (Lipinski definition) is 5. The first-order chi connectivity index (χ1) is 13.7. The van der Waals surface area contributed by atoms with Crippen LogP contribution < -0.4 is 4.90 Å². The van der Waals surface area contributed by atoms with E-state index in [1.165, 1.54) is 5.56 Å². The molecule has 1 aromatic carbocycles. The molecule has 2 saturated heterocycles. The molecule has 0 aliphatic carbocycles. The molecule has 2 aliphatic heterocycles. The van der Waals surface area contributed by atoms with E-state index in [4.69, 9.17) is 4.74 Å². The van der Waals surface area contributed by atoms with Crippen molar-refractivity contribution in [2.75, 3.05) is 57.4 Å². The van der Waals surface area contributed by atoms with Crippen molar-refractivity contribution >= 4 is 11.6 Å². The minimum atomic E-state index is 0.135. The van der Waals surface area contributed by atoms with Gasteiger partial charge in [0.2, 0.25) is 0 Å². The predicted molar refractivity (Wildman–Crippen MR) is 110 cm³/mol. The van der Waals surface area contributed by atoms with Crippen LogP contribution in [0.1, 0.15) is 21.6 Å². The van der Waals surface area contributed by atoms with Crippen LogP contribution in [0, 0.1) is 6.92 Å². The van der Waals surface area contributed by atoms with Crippen LogP contribution >= 0.6 is 0 Å². The number of ether oxygens (including phenoxy) is 1. The van der Waals surface area contributed by atoms with E-state index in [1.54, 1.807) is 0 Å². The van der Waals surface area contributed by atoms with E-state index in [-0.39, 0.29) is 5.91 Å². The van der Waals surface area contributed by atoms with E-state index in [1.807, 2.05) is 35.4 Å². The number of rotatable bonds is 4. The summed E-state index contributed by atoms with van der Waals surface area (Å²) in [6.07, 6.45) is 1.85. The number of para-hydroxylation sites is 1. The molecule has 1 amide bonds. The Hall–Kier alpha value is -2.44. The Morgan fingerprint density at radius 3 is 2.50 bits per heavy atom. The standard InChI is InChI=1S/C22H28N4O2/c1-18-5-4-8-23-20(18)17-24-9-11-26(12-10-24)22(27)19-6-2-3-7-21(19)25-13-15-28-16-14-25/h2-8H,9-17H2,1H3. The van der Waals surface area contributed by atoms with E-state index < -0.39 is 0 Å². The normalized spacial score (nSPS) is 18.3. The first kappa shape index (κ1) is 18.9. The van der Waals surface area contributed by atoms with Crippen LogP contribution in [0.4, 0.5) is 5.69 Å². The predicted octanol–water partition coefficient (Wildman–Crippen LogP) is 2.18. The number of morpholine rings is 1. The fraction of sp³-hybridized carbons (Fsp3) is 0.455. The molecule has 28 heavy (non-hydrogen) atoms. The van der Waals surface area contributed by atoms with Gasteiger partial charge in [-0.2, -0.15) is 0 Å². The molecule has 0 N–H and O–H groups in total. The monoisotopic (exact) mass is 380 g/mol. The smallest absolute Gasteiger partial charge is 0.256 e. The molecule has 2 aromatic rings. The highest BCUT2D eigenvalue weighted by Crippen LogP contribution is 2.23. The van der Waals surface area contributed by atoms with Crippen molar-refractivity contribution < 1.29 is 9.53 Å². The van der Waals surface area contributed by atoms with Crippen LogP contribution in [0.2, 0.25) is 0 Å². The third-order valence-electron chi connectivity index (χ3n) is 5.64. The molecule has 0 saturated carbocycles. The van der Waals surface area contributed by atoms with Gasteiger partial charge in [0, 0.05) is 57.7 Å². The Kier molecular flexibility index (Phi) is 5.88. The topological polar surface area (TPSA) is 48.9 Å². The zero-order chi connectivity index (χ0) is 19.3. The van der Waals surface area contributed by atoms with E-state index in [0.29, 0.717) is 13.2 Å². The summed E-state index contributed by atoms with van der Waals surface area (Å²) >= 11 is 0. The van der Waals surface area contributed by atoms with Gasteiger partial charge in [0.25, 0.3) is 5.91 Å². The van der Waals surface area contributed by atoms with Crippen LogP contribution in [0.25, 0.3) is 0 Å². The molecule has 4 rings (SSSR count). The van der Waals surface area contributed by atoms with Gasteiger partial charge in [-0.1, -0.05) is 18.2 Å². The summed E-state index contributed by atoms with van der Waals surface area (Å²) in [5.41, 5.74) is 4.18.